The van der Waals surface area contributed by atoms with Crippen molar-refractivity contribution in [1.82, 2.24) is 0 Å². The molecule has 0 spiro atoms. The van der Waals surface area contributed by atoms with Crippen molar-refractivity contribution in [1.29, 1.82) is 0 Å². The smallest absolute Gasteiger partial charge is 0.0471 e. The maximum atomic E-state index is 8.60. The molecule has 0 unspecified atom stereocenters. The van der Waals surface area contributed by atoms with E-state index >= 15 is 0 Å². The van der Waals surface area contributed by atoms with Gasteiger partial charge >= 0.3 is 0 Å². The second-order valence-electron chi connectivity index (χ2n) is 5.37. The van der Waals surface area contributed by atoms with Gasteiger partial charge in [-0.05, 0) is 69.9 Å². The lowest BCUT2D eigenvalue weighted by atomic mass is 10.1. The number of allylic oxidation sites excluding steroid dienone is 8. The Kier molecular flexibility index (Phi) is 19.1. The molecule has 0 aromatic carbocycles. The maximum absolute atomic E-state index is 8.60. The molecule has 0 aliphatic rings. The minimum atomic E-state index is 0.202. The number of aliphatic hydroxyl groups excluding tert-OH is 1. The van der Waals surface area contributed by atoms with Crippen molar-refractivity contribution in [2.24, 2.45) is 0 Å². The van der Waals surface area contributed by atoms with Crippen molar-refractivity contribution in [2.75, 3.05) is 6.61 Å². The summed E-state index contributed by atoms with van der Waals surface area (Å²) in [6.45, 7) is 2.37. The minimum absolute atomic E-state index is 0.202. The molecule has 0 aromatic rings. The molecule has 0 rings (SSSR count). The van der Waals surface area contributed by atoms with Crippen molar-refractivity contribution in [2.45, 2.75) is 64.7 Å². The lowest BCUT2D eigenvalue weighted by molar-refractivity contribution is 0.302. The van der Waals surface area contributed by atoms with Crippen molar-refractivity contribution in [3.8, 4) is 0 Å². The Morgan fingerprint density at radius 1 is 0.652 bits per heavy atom. The van der Waals surface area contributed by atoms with Crippen LogP contribution in [0.5, 0.6) is 0 Å². The molecule has 23 heavy (non-hydrogen) atoms. The molecular weight excluding hydrogens is 280 g/mol. The first-order chi connectivity index (χ1) is 11.4. The molecule has 1 N–H and O–H groups in total. The summed E-state index contributed by atoms with van der Waals surface area (Å²) in [4.78, 5) is 0. The number of aliphatic hydroxyl groups is 1. The van der Waals surface area contributed by atoms with E-state index in [-0.39, 0.29) is 6.61 Å². The molecule has 0 aliphatic heterocycles. The predicted octanol–water partition coefficient (Wildman–Crippen LogP) is 6.45. The molecule has 0 saturated heterocycles. The topological polar surface area (TPSA) is 20.2 Å². The van der Waals surface area contributed by atoms with E-state index in [2.05, 4.69) is 61.3 Å². The number of rotatable bonds is 14. The van der Waals surface area contributed by atoms with Crippen LogP contribution >= 0.6 is 0 Å². The van der Waals surface area contributed by atoms with Crippen LogP contribution in [-0.2, 0) is 0 Å². The van der Waals surface area contributed by atoms with Gasteiger partial charge in [0.05, 0.1) is 0 Å². The van der Waals surface area contributed by atoms with E-state index < -0.39 is 0 Å². The third kappa shape index (κ3) is 20.4. The molecule has 0 aliphatic carbocycles. The molecular formula is C22H34O. The van der Waals surface area contributed by atoms with Crippen LogP contribution in [0.15, 0.2) is 66.5 Å². The standard InChI is InChI=1S/C22H34O/c1-2-3-4-5-6-7-8-9-10-11-12-13-14-15-16-17-18-19-20-21-22-23/h3-4,6-7,12-13,15-16,18,20,23H,2,5,8-11,14,17,21-22H2,1H3/b4-3-,7-6-,13-12-,16-15-. The van der Waals surface area contributed by atoms with Gasteiger partial charge in [-0.1, -0.05) is 55.5 Å². The highest BCUT2D eigenvalue weighted by molar-refractivity contribution is 4.97. The van der Waals surface area contributed by atoms with Crippen LogP contribution < -0.4 is 0 Å². The van der Waals surface area contributed by atoms with E-state index in [0.29, 0.717) is 6.42 Å². The van der Waals surface area contributed by atoms with Crippen LogP contribution in [0.4, 0.5) is 0 Å². The van der Waals surface area contributed by atoms with Gasteiger partial charge in [-0.2, -0.15) is 0 Å². The van der Waals surface area contributed by atoms with Gasteiger partial charge in [0, 0.05) is 6.61 Å². The van der Waals surface area contributed by atoms with Gasteiger partial charge in [-0.15, -0.1) is 5.73 Å². The second kappa shape index (κ2) is 20.4. The van der Waals surface area contributed by atoms with Gasteiger partial charge in [0.2, 0.25) is 0 Å². The Hall–Kier alpha value is -1.56. The predicted molar refractivity (Wildman–Crippen MR) is 104 cm³/mol. The molecule has 0 saturated carbocycles. The second-order valence-corrected chi connectivity index (χ2v) is 5.37. The van der Waals surface area contributed by atoms with Gasteiger partial charge < -0.3 is 5.11 Å². The zero-order chi connectivity index (χ0) is 16.8. The van der Waals surface area contributed by atoms with Crippen molar-refractivity contribution < 1.29 is 5.11 Å². The molecule has 0 fully saturated rings. The first-order valence-electron chi connectivity index (χ1n) is 9.02. The Morgan fingerprint density at radius 2 is 1.22 bits per heavy atom. The van der Waals surface area contributed by atoms with Crippen molar-refractivity contribution >= 4 is 0 Å². The lowest BCUT2D eigenvalue weighted by Crippen LogP contribution is -1.73. The Balaban J connectivity index is 3.40. The van der Waals surface area contributed by atoms with E-state index in [1.807, 2.05) is 12.2 Å². The van der Waals surface area contributed by atoms with Gasteiger partial charge in [-0.25, -0.2) is 0 Å². The first-order valence-corrected chi connectivity index (χ1v) is 9.02. The Bertz CT molecular complexity index is 404. The molecule has 0 bridgehead atoms. The normalized spacial score (nSPS) is 11.9. The van der Waals surface area contributed by atoms with E-state index in [4.69, 9.17) is 5.11 Å². The van der Waals surface area contributed by atoms with Gasteiger partial charge in [0.15, 0.2) is 0 Å². The SMILES string of the molecule is CC/C=C\C/C=C\CCCC/C=C\C/C=C\CC=C=CCCO. The van der Waals surface area contributed by atoms with E-state index in [0.717, 1.165) is 25.7 Å². The van der Waals surface area contributed by atoms with Gasteiger partial charge in [0.25, 0.3) is 0 Å². The van der Waals surface area contributed by atoms with Crippen LogP contribution in [0, 0.1) is 0 Å². The highest BCUT2D eigenvalue weighted by atomic mass is 16.2. The summed E-state index contributed by atoms with van der Waals surface area (Å²) in [5.41, 5.74) is 3.05. The largest absolute Gasteiger partial charge is 0.396 e. The number of unbranched alkanes of at least 4 members (excludes halogenated alkanes) is 3. The van der Waals surface area contributed by atoms with E-state index in [1.165, 1.54) is 25.7 Å². The van der Waals surface area contributed by atoms with Gasteiger partial charge in [0.1, 0.15) is 0 Å². The first kappa shape index (κ1) is 21.4. The quantitative estimate of drug-likeness (QED) is 0.222. The van der Waals surface area contributed by atoms with E-state index in [1.54, 1.807) is 0 Å². The van der Waals surface area contributed by atoms with Crippen LogP contribution in [0.25, 0.3) is 0 Å². The van der Waals surface area contributed by atoms with Crippen LogP contribution in [-0.4, -0.2) is 11.7 Å². The summed E-state index contributed by atoms with van der Waals surface area (Å²) in [5, 5.41) is 8.60. The third-order valence-corrected chi connectivity index (χ3v) is 3.20. The molecule has 0 amide bonds. The minimum Gasteiger partial charge on any atom is -0.396 e. The molecule has 1 heteroatoms. The molecule has 0 radical (unpaired) electrons. The monoisotopic (exact) mass is 314 g/mol. The average Bonchev–Trinajstić information content (AvgIpc) is 2.57. The molecule has 0 aromatic heterocycles. The molecule has 1 nitrogen and oxygen atoms in total. The Morgan fingerprint density at radius 3 is 1.83 bits per heavy atom. The summed E-state index contributed by atoms with van der Waals surface area (Å²) < 4.78 is 0. The molecule has 128 valence electrons. The fourth-order valence-electron chi connectivity index (χ4n) is 1.93. The molecule has 0 atom stereocenters. The van der Waals surface area contributed by atoms with E-state index in [9.17, 15) is 0 Å². The van der Waals surface area contributed by atoms with Crippen molar-refractivity contribution in [3.05, 3.63) is 66.5 Å². The lowest BCUT2D eigenvalue weighted by Gasteiger charge is -1.92. The third-order valence-electron chi connectivity index (χ3n) is 3.20. The van der Waals surface area contributed by atoms with Gasteiger partial charge in [-0.3, -0.25) is 0 Å². The fourth-order valence-corrected chi connectivity index (χ4v) is 1.93. The molecule has 0 heterocycles. The maximum Gasteiger partial charge on any atom is 0.0471 e. The van der Waals surface area contributed by atoms with Crippen LogP contribution in [0.1, 0.15) is 64.7 Å². The van der Waals surface area contributed by atoms with Crippen LogP contribution in [0.2, 0.25) is 0 Å². The highest BCUT2D eigenvalue weighted by Gasteiger charge is 1.83. The van der Waals surface area contributed by atoms with Crippen molar-refractivity contribution in [3.63, 3.8) is 0 Å². The fraction of sp³-hybridized carbons (Fsp3) is 0.500. The summed E-state index contributed by atoms with van der Waals surface area (Å²) in [5.74, 6) is 0. The highest BCUT2D eigenvalue weighted by Crippen LogP contribution is 2.03. The Labute approximate surface area is 143 Å². The summed E-state index contributed by atoms with van der Waals surface area (Å²) in [6, 6.07) is 0. The number of hydrogen-bond acceptors (Lipinski definition) is 1. The summed E-state index contributed by atoms with van der Waals surface area (Å²) in [7, 11) is 0. The van der Waals surface area contributed by atoms with Crippen LogP contribution in [0.3, 0.4) is 0 Å². The summed E-state index contributed by atoms with van der Waals surface area (Å²) >= 11 is 0. The zero-order valence-electron chi connectivity index (χ0n) is 14.8. The zero-order valence-corrected chi connectivity index (χ0v) is 14.8. The number of hydrogen-bond donors (Lipinski definition) is 1. The average molecular weight is 315 g/mol. The summed E-state index contributed by atoms with van der Waals surface area (Å²) in [6.07, 6.45) is 31.5.